The van der Waals surface area contributed by atoms with Gasteiger partial charge in [0.05, 0.1) is 18.5 Å². The molecule has 152 valence electrons. The van der Waals surface area contributed by atoms with Gasteiger partial charge in [-0.2, -0.15) is 0 Å². The maximum atomic E-state index is 13.2. The van der Waals surface area contributed by atoms with Crippen LogP contribution in [0.2, 0.25) is 0 Å². The van der Waals surface area contributed by atoms with Crippen LogP contribution in [0.1, 0.15) is 21.6 Å². The Morgan fingerprint density at radius 1 is 1.00 bits per heavy atom. The molecule has 30 heavy (non-hydrogen) atoms. The standard InChI is InChI=1S/C24H22N2O4/c1-17-15-21-19(16-23(27)28)5-4-6-22(21)26(17)24(29)18-7-9-20(10-8-18)30-14-13-25-11-2-3-12-25/h2-12,15H,13-14,16H2,1H3,(H,27,28). The van der Waals surface area contributed by atoms with Gasteiger partial charge in [-0.05, 0) is 61.0 Å². The summed E-state index contributed by atoms with van der Waals surface area (Å²) in [5.41, 5.74) is 2.71. The highest BCUT2D eigenvalue weighted by Gasteiger charge is 2.17. The van der Waals surface area contributed by atoms with E-state index in [1.807, 2.05) is 48.1 Å². The van der Waals surface area contributed by atoms with Gasteiger partial charge in [-0.1, -0.05) is 12.1 Å². The maximum absolute atomic E-state index is 13.2. The number of aryl methyl sites for hydroxylation is 1. The van der Waals surface area contributed by atoms with Crippen LogP contribution in [-0.2, 0) is 17.8 Å². The van der Waals surface area contributed by atoms with Crippen molar-refractivity contribution in [3.05, 3.63) is 89.9 Å². The molecule has 0 atom stereocenters. The minimum Gasteiger partial charge on any atom is -0.492 e. The van der Waals surface area contributed by atoms with Gasteiger partial charge in [0.15, 0.2) is 0 Å². The van der Waals surface area contributed by atoms with Gasteiger partial charge in [0, 0.05) is 29.0 Å². The van der Waals surface area contributed by atoms with E-state index in [0.717, 1.165) is 17.6 Å². The molecule has 0 saturated heterocycles. The number of ether oxygens (including phenoxy) is 1. The smallest absolute Gasteiger partial charge is 0.307 e. The summed E-state index contributed by atoms with van der Waals surface area (Å²) >= 11 is 0. The summed E-state index contributed by atoms with van der Waals surface area (Å²) in [7, 11) is 0. The normalized spacial score (nSPS) is 11.0. The lowest BCUT2D eigenvalue weighted by atomic mass is 10.1. The third-order valence-electron chi connectivity index (χ3n) is 5.05. The van der Waals surface area contributed by atoms with Crippen molar-refractivity contribution >= 4 is 22.8 Å². The lowest BCUT2D eigenvalue weighted by Gasteiger charge is -2.10. The van der Waals surface area contributed by atoms with E-state index in [2.05, 4.69) is 0 Å². The molecule has 4 rings (SSSR count). The summed E-state index contributed by atoms with van der Waals surface area (Å²) in [4.78, 5) is 24.3. The van der Waals surface area contributed by atoms with E-state index in [4.69, 9.17) is 9.84 Å². The molecule has 2 aromatic heterocycles. The number of fused-ring (bicyclic) bond motifs is 1. The number of carboxylic acids is 1. The Bertz CT molecular complexity index is 1190. The molecule has 6 heteroatoms. The van der Waals surface area contributed by atoms with Crippen molar-refractivity contribution in [1.82, 2.24) is 9.13 Å². The van der Waals surface area contributed by atoms with Crippen molar-refractivity contribution < 1.29 is 19.4 Å². The summed E-state index contributed by atoms with van der Waals surface area (Å²) in [6.07, 6.45) is 3.89. The molecule has 4 aromatic rings. The molecule has 0 fully saturated rings. The van der Waals surface area contributed by atoms with E-state index >= 15 is 0 Å². The Labute approximate surface area is 173 Å². The van der Waals surface area contributed by atoms with Crippen LogP contribution < -0.4 is 4.74 Å². The van der Waals surface area contributed by atoms with Crippen LogP contribution in [0.15, 0.2) is 73.1 Å². The molecule has 0 saturated carbocycles. The maximum Gasteiger partial charge on any atom is 0.307 e. The minimum atomic E-state index is -0.897. The van der Waals surface area contributed by atoms with Crippen molar-refractivity contribution in [3.63, 3.8) is 0 Å². The zero-order chi connectivity index (χ0) is 21.1. The number of hydrogen-bond acceptors (Lipinski definition) is 3. The second-order valence-electron chi connectivity index (χ2n) is 7.14. The molecule has 0 amide bonds. The zero-order valence-electron chi connectivity index (χ0n) is 16.6. The van der Waals surface area contributed by atoms with Gasteiger partial charge in [0.25, 0.3) is 5.91 Å². The summed E-state index contributed by atoms with van der Waals surface area (Å²) in [6, 6.07) is 18.3. The number of rotatable bonds is 7. The SMILES string of the molecule is Cc1cc2c(CC(=O)O)cccc2n1C(=O)c1ccc(OCCn2cccc2)cc1. The Kier molecular flexibility index (Phi) is 5.39. The van der Waals surface area contributed by atoms with Gasteiger partial charge in [-0.15, -0.1) is 0 Å². The first-order valence-corrected chi connectivity index (χ1v) is 9.73. The van der Waals surface area contributed by atoms with Crippen LogP contribution in [-0.4, -0.2) is 32.7 Å². The molecule has 1 N–H and O–H groups in total. The molecular formula is C24H22N2O4. The van der Waals surface area contributed by atoms with Gasteiger partial charge in [-0.3, -0.25) is 14.2 Å². The van der Waals surface area contributed by atoms with E-state index in [-0.39, 0.29) is 12.3 Å². The number of hydrogen-bond donors (Lipinski definition) is 1. The highest BCUT2D eigenvalue weighted by Crippen LogP contribution is 2.25. The van der Waals surface area contributed by atoms with Crippen LogP contribution in [0.3, 0.4) is 0 Å². The predicted molar refractivity (Wildman–Crippen MR) is 114 cm³/mol. The Morgan fingerprint density at radius 2 is 1.73 bits per heavy atom. The Balaban J connectivity index is 1.53. The highest BCUT2D eigenvalue weighted by molar-refractivity contribution is 6.04. The predicted octanol–water partition coefficient (Wildman–Crippen LogP) is 4.15. The first-order chi connectivity index (χ1) is 14.5. The van der Waals surface area contributed by atoms with Gasteiger partial charge in [0.2, 0.25) is 0 Å². The number of nitrogens with zero attached hydrogens (tertiary/aromatic N) is 2. The van der Waals surface area contributed by atoms with Crippen LogP contribution >= 0.6 is 0 Å². The molecule has 0 bridgehead atoms. The molecule has 0 spiro atoms. The van der Waals surface area contributed by atoms with Gasteiger partial charge >= 0.3 is 5.97 Å². The number of aromatic nitrogens is 2. The highest BCUT2D eigenvalue weighted by atomic mass is 16.5. The molecule has 0 aliphatic heterocycles. The fourth-order valence-corrected chi connectivity index (χ4v) is 3.62. The van der Waals surface area contributed by atoms with E-state index in [1.165, 1.54) is 0 Å². The van der Waals surface area contributed by atoms with Crippen molar-refractivity contribution in [2.75, 3.05) is 6.61 Å². The number of carboxylic acid groups (broad SMARTS) is 1. The molecule has 0 aliphatic carbocycles. The second kappa shape index (κ2) is 8.29. The molecule has 2 aromatic carbocycles. The van der Waals surface area contributed by atoms with Gasteiger partial charge in [0.1, 0.15) is 12.4 Å². The molecule has 6 nitrogen and oxygen atoms in total. The summed E-state index contributed by atoms with van der Waals surface area (Å²) < 4.78 is 9.42. The quantitative estimate of drug-likeness (QED) is 0.504. The van der Waals surface area contributed by atoms with Crippen molar-refractivity contribution in [2.45, 2.75) is 19.9 Å². The third-order valence-corrected chi connectivity index (χ3v) is 5.05. The number of benzene rings is 2. The number of aliphatic carboxylic acids is 1. The molecular weight excluding hydrogens is 380 g/mol. The molecule has 2 heterocycles. The third kappa shape index (κ3) is 3.98. The lowest BCUT2D eigenvalue weighted by molar-refractivity contribution is -0.136. The summed E-state index contributed by atoms with van der Waals surface area (Å²) in [5.74, 6) is -0.350. The molecule has 0 aliphatic rings. The van der Waals surface area contributed by atoms with E-state index in [9.17, 15) is 9.59 Å². The minimum absolute atomic E-state index is 0.0793. The van der Waals surface area contributed by atoms with Gasteiger partial charge in [-0.25, -0.2) is 0 Å². The number of carbonyl (C=O) groups is 2. The lowest BCUT2D eigenvalue weighted by Crippen LogP contribution is -2.13. The average molecular weight is 402 g/mol. The van der Waals surface area contributed by atoms with Gasteiger partial charge < -0.3 is 14.4 Å². The Morgan fingerprint density at radius 3 is 2.43 bits per heavy atom. The average Bonchev–Trinajstić information content (AvgIpc) is 3.35. The van der Waals surface area contributed by atoms with Crippen LogP contribution in [0.25, 0.3) is 10.9 Å². The molecule has 0 unspecified atom stereocenters. The van der Waals surface area contributed by atoms with Crippen molar-refractivity contribution in [2.24, 2.45) is 0 Å². The fraction of sp³-hybridized carbons (Fsp3) is 0.167. The van der Waals surface area contributed by atoms with E-state index in [1.54, 1.807) is 41.0 Å². The van der Waals surface area contributed by atoms with E-state index in [0.29, 0.717) is 29.0 Å². The van der Waals surface area contributed by atoms with Crippen molar-refractivity contribution in [3.8, 4) is 5.75 Å². The van der Waals surface area contributed by atoms with E-state index < -0.39 is 5.97 Å². The van der Waals surface area contributed by atoms with Crippen LogP contribution in [0, 0.1) is 6.92 Å². The largest absolute Gasteiger partial charge is 0.492 e. The van der Waals surface area contributed by atoms with Crippen LogP contribution in [0.4, 0.5) is 0 Å². The first-order valence-electron chi connectivity index (χ1n) is 9.73. The summed E-state index contributed by atoms with van der Waals surface area (Å²) in [6.45, 7) is 3.14. The summed E-state index contributed by atoms with van der Waals surface area (Å²) in [5, 5.41) is 9.93. The second-order valence-corrected chi connectivity index (χ2v) is 7.14. The van der Waals surface area contributed by atoms with Crippen molar-refractivity contribution in [1.29, 1.82) is 0 Å². The monoisotopic (exact) mass is 402 g/mol. The van der Waals surface area contributed by atoms with Crippen LogP contribution in [0.5, 0.6) is 5.75 Å². The number of carbonyl (C=O) groups excluding carboxylic acids is 1. The first kappa shape index (κ1) is 19.5. The topological polar surface area (TPSA) is 73.5 Å². The Hall–Kier alpha value is -3.80. The molecule has 0 radical (unpaired) electrons. The zero-order valence-corrected chi connectivity index (χ0v) is 16.6. The fourth-order valence-electron chi connectivity index (χ4n) is 3.62.